The maximum absolute atomic E-state index is 3.93. The number of thioether (sulfide) groups is 1. The molecule has 0 heterocycles. The second-order valence-electron chi connectivity index (χ2n) is 6.23. The van der Waals surface area contributed by atoms with Crippen LogP contribution >= 0.6 is 11.8 Å². The van der Waals surface area contributed by atoms with Crippen LogP contribution in [0.4, 0.5) is 0 Å². The first-order valence-corrected chi connectivity index (χ1v) is 7.91. The first-order valence-electron chi connectivity index (χ1n) is 7.03. The number of hydrogen-bond acceptors (Lipinski definition) is 1. The summed E-state index contributed by atoms with van der Waals surface area (Å²) in [5.41, 5.74) is 6.09. The van der Waals surface area contributed by atoms with Crippen molar-refractivity contribution in [1.82, 2.24) is 0 Å². The molecular weight excluding hydrogens is 248 g/mol. The fourth-order valence-electron chi connectivity index (χ4n) is 2.78. The maximum Gasteiger partial charge on any atom is -0.0100 e. The van der Waals surface area contributed by atoms with E-state index in [1.165, 1.54) is 30.4 Å². The number of allylic oxidation sites excluding steroid dienone is 2. The Kier molecular flexibility index (Phi) is 4.25. The standard InChI is InChI=1S/C18H24S/c1-13(2)19-12-14(3)16-9-8-15-7-6-10-18(4,5)17(15)11-16/h8-9,11-12H,1,6-7,10H2,2-5H3/b14-12+. The van der Waals surface area contributed by atoms with Gasteiger partial charge in [0.25, 0.3) is 0 Å². The Morgan fingerprint density at radius 2 is 2.05 bits per heavy atom. The molecule has 0 unspecified atom stereocenters. The summed E-state index contributed by atoms with van der Waals surface area (Å²) in [7, 11) is 0. The average Bonchev–Trinajstić information content (AvgIpc) is 2.35. The van der Waals surface area contributed by atoms with Gasteiger partial charge in [0.15, 0.2) is 0 Å². The van der Waals surface area contributed by atoms with Crippen LogP contribution in [0.1, 0.15) is 57.2 Å². The molecule has 0 saturated carbocycles. The highest BCUT2D eigenvalue weighted by Crippen LogP contribution is 2.38. The summed E-state index contributed by atoms with van der Waals surface area (Å²) in [6.07, 6.45) is 3.86. The zero-order valence-electron chi connectivity index (χ0n) is 12.5. The van der Waals surface area contributed by atoms with Crippen molar-refractivity contribution in [3.63, 3.8) is 0 Å². The molecule has 19 heavy (non-hydrogen) atoms. The van der Waals surface area contributed by atoms with Gasteiger partial charge in [-0.2, -0.15) is 0 Å². The van der Waals surface area contributed by atoms with Gasteiger partial charge in [0.2, 0.25) is 0 Å². The zero-order valence-corrected chi connectivity index (χ0v) is 13.4. The number of hydrogen-bond donors (Lipinski definition) is 0. The van der Waals surface area contributed by atoms with Gasteiger partial charge in [-0.15, -0.1) is 11.8 Å². The third kappa shape index (κ3) is 3.33. The molecule has 1 aliphatic rings. The lowest BCUT2D eigenvalue weighted by molar-refractivity contribution is 0.432. The van der Waals surface area contributed by atoms with E-state index in [1.54, 1.807) is 22.9 Å². The van der Waals surface area contributed by atoms with Crippen LogP contribution < -0.4 is 0 Å². The van der Waals surface area contributed by atoms with Gasteiger partial charge in [0.05, 0.1) is 0 Å². The van der Waals surface area contributed by atoms with Crippen LogP contribution in [0.15, 0.2) is 35.1 Å². The van der Waals surface area contributed by atoms with E-state index in [4.69, 9.17) is 0 Å². The van der Waals surface area contributed by atoms with Gasteiger partial charge in [0, 0.05) is 0 Å². The van der Waals surface area contributed by atoms with Crippen molar-refractivity contribution in [3.05, 3.63) is 51.8 Å². The molecule has 0 N–H and O–H groups in total. The molecule has 0 fully saturated rings. The molecule has 102 valence electrons. The van der Waals surface area contributed by atoms with Crippen molar-refractivity contribution in [2.24, 2.45) is 0 Å². The van der Waals surface area contributed by atoms with E-state index in [0.29, 0.717) is 5.41 Å². The van der Waals surface area contributed by atoms with E-state index in [1.807, 2.05) is 6.92 Å². The first-order chi connectivity index (χ1) is 8.90. The van der Waals surface area contributed by atoms with E-state index >= 15 is 0 Å². The first kappa shape index (κ1) is 14.5. The Balaban J connectivity index is 2.35. The Labute approximate surface area is 122 Å². The minimum Gasteiger partial charge on any atom is -0.103 e. The van der Waals surface area contributed by atoms with Crippen LogP contribution in [0.2, 0.25) is 0 Å². The van der Waals surface area contributed by atoms with Crippen LogP contribution in [0.5, 0.6) is 0 Å². The molecule has 1 aromatic carbocycles. The quantitative estimate of drug-likeness (QED) is 0.657. The van der Waals surface area contributed by atoms with Gasteiger partial charge in [-0.3, -0.25) is 0 Å². The van der Waals surface area contributed by atoms with Crippen molar-refractivity contribution in [3.8, 4) is 0 Å². The zero-order chi connectivity index (χ0) is 14.0. The van der Waals surface area contributed by atoms with E-state index in [0.717, 1.165) is 4.91 Å². The number of benzene rings is 1. The van der Waals surface area contributed by atoms with Gasteiger partial charge < -0.3 is 0 Å². The molecule has 1 heteroatoms. The summed E-state index contributed by atoms with van der Waals surface area (Å²) < 4.78 is 0. The van der Waals surface area contributed by atoms with Crippen molar-refractivity contribution in [2.45, 2.75) is 52.4 Å². The molecule has 0 nitrogen and oxygen atoms in total. The molecule has 0 amide bonds. The predicted octanol–water partition coefficient (Wildman–Crippen LogP) is 5.93. The van der Waals surface area contributed by atoms with E-state index in [2.05, 4.69) is 51.0 Å². The molecule has 1 aliphatic carbocycles. The summed E-state index contributed by atoms with van der Waals surface area (Å²) >= 11 is 1.72. The number of fused-ring (bicyclic) bond motifs is 1. The predicted molar refractivity (Wildman–Crippen MR) is 88.5 cm³/mol. The van der Waals surface area contributed by atoms with Crippen LogP contribution in [-0.4, -0.2) is 0 Å². The fraction of sp³-hybridized carbons (Fsp3) is 0.444. The third-order valence-corrected chi connectivity index (χ3v) is 4.85. The van der Waals surface area contributed by atoms with Crippen molar-refractivity contribution < 1.29 is 0 Å². The molecule has 0 radical (unpaired) electrons. The smallest absolute Gasteiger partial charge is 0.0100 e. The second kappa shape index (κ2) is 5.58. The van der Waals surface area contributed by atoms with Gasteiger partial charge in [-0.05, 0) is 71.1 Å². The maximum atomic E-state index is 3.93. The summed E-state index contributed by atoms with van der Waals surface area (Å²) in [5, 5.41) is 2.21. The Morgan fingerprint density at radius 1 is 1.32 bits per heavy atom. The Bertz CT molecular complexity index is 520. The average molecular weight is 272 g/mol. The fourth-order valence-corrected chi connectivity index (χ4v) is 3.30. The molecule has 1 aromatic rings. The molecule has 0 aromatic heterocycles. The summed E-state index contributed by atoms with van der Waals surface area (Å²) in [5.74, 6) is 0. The summed E-state index contributed by atoms with van der Waals surface area (Å²) in [6, 6.07) is 7.00. The third-order valence-electron chi connectivity index (χ3n) is 3.98. The van der Waals surface area contributed by atoms with Crippen LogP contribution in [0, 0.1) is 0 Å². The van der Waals surface area contributed by atoms with Gasteiger partial charge in [-0.1, -0.05) is 38.6 Å². The molecule has 0 aliphatic heterocycles. The Morgan fingerprint density at radius 3 is 2.74 bits per heavy atom. The van der Waals surface area contributed by atoms with Gasteiger partial charge in [-0.25, -0.2) is 0 Å². The van der Waals surface area contributed by atoms with Gasteiger partial charge in [0.1, 0.15) is 0 Å². The lowest BCUT2D eigenvalue weighted by Crippen LogP contribution is -2.23. The van der Waals surface area contributed by atoms with Crippen LogP contribution in [0.25, 0.3) is 5.57 Å². The summed E-state index contributed by atoms with van der Waals surface area (Å²) in [4.78, 5) is 1.14. The highest BCUT2D eigenvalue weighted by molar-refractivity contribution is 8.05. The van der Waals surface area contributed by atoms with Crippen molar-refractivity contribution in [1.29, 1.82) is 0 Å². The topological polar surface area (TPSA) is 0 Å². The molecule has 0 atom stereocenters. The number of rotatable bonds is 3. The molecule has 0 bridgehead atoms. The van der Waals surface area contributed by atoms with E-state index < -0.39 is 0 Å². The molecule has 2 rings (SSSR count). The normalized spacial score (nSPS) is 18.0. The minimum atomic E-state index is 0.325. The molecule has 0 spiro atoms. The highest BCUT2D eigenvalue weighted by Gasteiger charge is 2.27. The van der Waals surface area contributed by atoms with E-state index in [-0.39, 0.29) is 0 Å². The summed E-state index contributed by atoms with van der Waals surface area (Å²) in [6.45, 7) is 12.9. The van der Waals surface area contributed by atoms with Crippen molar-refractivity contribution in [2.75, 3.05) is 0 Å². The SMILES string of the molecule is C=C(C)S/C=C(\C)c1ccc2c(c1)C(C)(C)CCC2. The lowest BCUT2D eigenvalue weighted by atomic mass is 9.72. The van der Waals surface area contributed by atoms with Crippen LogP contribution in [-0.2, 0) is 11.8 Å². The van der Waals surface area contributed by atoms with E-state index in [9.17, 15) is 0 Å². The largest absolute Gasteiger partial charge is 0.103 e. The van der Waals surface area contributed by atoms with Gasteiger partial charge >= 0.3 is 0 Å². The minimum absolute atomic E-state index is 0.325. The highest BCUT2D eigenvalue weighted by atomic mass is 32.2. The molecule has 0 saturated heterocycles. The number of aryl methyl sites for hydroxylation is 1. The van der Waals surface area contributed by atoms with Crippen LogP contribution in [0.3, 0.4) is 0 Å². The Hall–Kier alpha value is -0.950. The second-order valence-corrected chi connectivity index (χ2v) is 7.40. The lowest BCUT2D eigenvalue weighted by Gasteiger charge is -2.33. The monoisotopic (exact) mass is 272 g/mol. The van der Waals surface area contributed by atoms with Crippen molar-refractivity contribution >= 4 is 17.3 Å². The molecular formula is C18H24S.